The average molecular weight is 470 g/mol. The minimum Gasteiger partial charge on any atom is -0.496 e. The second-order valence-electron chi connectivity index (χ2n) is 5.45. The van der Waals surface area contributed by atoms with Crippen molar-refractivity contribution < 1.29 is 28.5 Å². The largest absolute Gasteiger partial charge is 0.496 e. The lowest BCUT2D eigenvalue weighted by Gasteiger charge is -2.10. The van der Waals surface area contributed by atoms with Gasteiger partial charge in [-0.15, -0.1) is 0 Å². The molecule has 148 valence electrons. The molecule has 0 saturated heterocycles. The van der Waals surface area contributed by atoms with Crippen LogP contribution in [-0.2, 0) is 9.53 Å². The zero-order chi connectivity index (χ0) is 20.7. The standard InChI is InChI=1S/C20H18BrClO6/c1-25-17-6-5-13(10-14(17)21)16(23)11-28-19(24)7-4-12-8-15(22)20(27-3)18(9-12)26-2/h4-10H,11H2,1-3H3/b7-4+. The van der Waals surface area contributed by atoms with Gasteiger partial charge in [-0.05, 0) is 57.9 Å². The lowest BCUT2D eigenvalue weighted by atomic mass is 10.1. The maximum Gasteiger partial charge on any atom is 0.331 e. The minimum absolute atomic E-state index is 0.334. The third-order valence-electron chi connectivity index (χ3n) is 3.69. The smallest absolute Gasteiger partial charge is 0.331 e. The molecule has 0 bridgehead atoms. The van der Waals surface area contributed by atoms with Crippen LogP contribution < -0.4 is 14.2 Å². The normalized spacial score (nSPS) is 10.6. The molecule has 8 heteroatoms. The summed E-state index contributed by atoms with van der Waals surface area (Å²) in [6.07, 6.45) is 2.71. The van der Waals surface area contributed by atoms with E-state index in [1.165, 1.54) is 33.5 Å². The van der Waals surface area contributed by atoms with Gasteiger partial charge in [0.2, 0.25) is 0 Å². The summed E-state index contributed by atoms with van der Waals surface area (Å²) >= 11 is 9.43. The molecule has 0 aromatic heterocycles. The SMILES string of the molecule is COc1ccc(C(=O)COC(=O)/C=C/c2cc(Cl)c(OC)c(OC)c2)cc1Br. The predicted octanol–water partition coefficient (Wildman–Crippen LogP) is 4.57. The van der Waals surface area contributed by atoms with Gasteiger partial charge in [0.1, 0.15) is 5.75 Å². The van der Waals surface area contributed by atoms with E-state index in [1.807, 2.05) is 0 Å². The summed E-state index contributed by atoms with van der Waals surface area (Å²) < 4.78 is 21.1. The molecule has 0 N–H and O–H groups in total. The van der Waals surface area contributed by atoms with E-state index in [9.17, 15) is 9.59 Å². The molecular weight excluding hydrogens is 452 g/mol. The van der Waals surface area contributed by atoms with Crippen LogP contribution in [0.3, 0.4) is 0 Å². The fourth-order valence-corrected chi connectivity index (χ4v) is 3.14. The number of carbonyl (C=O) groups excluding carboxylic acids is 2. The van der Waals surface area contributed by atoms with E-state index in [4.69, 9.17) is 30.5 Å². The number of carbonyl (C=O) groups is 2. The Morgan fingerprint density at radius 3 is 2.36 bits per heavy atom. The zero-order valence-corrected chi connectivity index (χ0v) is 17.8. The molecule has 0 aliphatic rings. The molecule has 2 rings (SSSR count). The second kappa shape index (κ2) is 10.1. The van der Waals surface area contributed by atoms with Gasteiger partial charge in [-0.25, -0.2) is 4.79 Å². The molecule has 28 heavy (non-hydrogen) atoms. The molecule has 0 heterocycles. The molecule has 6 nitrogen and oxygen atoms in total. The van der Waals surface area contributed by atoms with Crippen molar-refractivity contribution in [2.75, 3.05) is 27.9 Å². The number of methoxy groups -OCH3 is 3. The Kier molecular flexibility index (Phi) is 7.90. The number of rotatable bonds is 8. The van der Waals surface area contributed by atoms with Crippen LogP contribution in [0.25, 0.3) is 6.08 Å². The lowest BCUT2D eigenvalue weighted by molar-refractivity contribution is -0.136. The highest BCUT2D eigenvalue weighted by Gasteiger charge is 2.12. The highest BCUT2D eigenvalue weighted by Crippen LogP contribution is 2.36. The molecule has 2 aromatic carbocycles. The van der Waals surface area contributed by atoms with Crippen LogP contribution in [0.5, 0.6) is 17.2 Å². The highest BCUT2D eigenvalue weighted by molar-refractivity contribution is 9.10. The Balaban J connectivity index is 1.99. The van der Waals surface area contributed by atoms with Crippen molar-refractivity contribution in [3.63, 3.8) is 0 Å². The first-order valence-electron chi connectivity index (χ1n) is 8.02. The van der Waals surface area contributed by atoms with E-state index in [-0.39, 0.29) is 12.4 Å². The Morgan fingerprint density at radius 2 is 1.75 bits per heavy atom. The van der Waals surface area contributed by atoms with E-state index in [0.29, 0.717) is 37.9 Å². The molecule has 0 saturated carbocycles. The molecule has 0 atom stereocenters. The Bertz CT molecular complexity index is 910. The van der Waals surface area contributed by atoms with Crippen molar-refractivity contribution in [1.82, 2.24) is 0 Å². The maximum atomic E-state index is 12.2. The van der Waals surface area contributed by atoms with Gasteiger partial charge in [-0.1, -0.05) is 11.6 Å². The number of ketones is 1. The minimum atomic E-state index is -0.660. The van der Waals surface area contributed by atoms with Crippen LogP contribution in [0.15, 0.2) is 40.9 Å². The van der Waals surface area contributed by atoms with Crippen LogP contribution in [0.2, 0.25) is 5.02 Å². The average Bonchev–Trinajstić information content (AvgIpc) is 2.69. The first kappa shape index (κ1) is 21.8. The summed E-state index contributed by atoms with van der Waals surface area (Å²) in [6, 6.07) is 8.14. The second-order valence-corrected chi connectivity index (χ2v) is 6.71. The molecule has 0 radical (unpaired) electrons. The van der Waals surface area contributed by atoms with Gasteiger partial charge in [0.25, 0.3) is 0 Å². The number of halogens is 2. The van der Waals surface area contributed by atoms with Gasteiger partial charge in [0, 0.05) is 11.6 Å². The molecule has 0 unspecified atom stereocenters. The van der Waals surface area contributed by atoms with E-state index in [0.717, 1.165) is 0 Å². The van der Waals surface area contributed by atoms with Crippen molar-refractivity contribution in [1.29, 1.82) is 0 Å². The summed E-state index contributed by atoms with van der Waals surface area (Å²) in [5, 5.41) is 0.343. The van der Waals surface area contributed by atoms with Crippen LogP contribution >= 0.6 is 27.5 Å². The van der Waals surface area contributed by atoms with Gasteiger partial charge >= 0.3 is 5.97 Å². The topological polar surface area (TPSA) is 71.1 Å². The molecule has 0 fully saturated rings. The first-order chi connectivity index (χ1) is 13.4. The van der Waals surface area contributed by atoms with Gasteiger partial charge < -0.3 is 18.9 Å². The molecule has 0 aliphatic carbocycles. The van der Waals surface area contributed by atoms with E-state index >= 15 is 0 Å². The summed E-state index contributed by atoms with van der Waals surface area (Å²) in [5.74, 6) is 0.444. The van der Waals surface area contributed by atoms with Crippen LogP contribution in [0.4, 0.5) is 0 Å². The number of hydrogen-bond acceptors (Lipinski definition) is 6. The third kappa shape index (κ3) is 5.50. The van der Waals surface area contributed by atoms with E-state index in [1.54, 1.807) is 30.3 Å². The predicted molar refractivity (Wildman–Crippen MR) is 110 cm³/mol. The Hall–Kier alpha value is -2.51. The van der Waals surface area contributed by atoms with E-state index in [2.05, 4.69) is 15.9 Å². The summed E-state index contributed by atoms with van der Waals surface area (Å²) in [6.45, 7) is -0.380. The fourth-order valence-electron chi connectivity index (χ4n) is 2.31. The summed E-state index contributed by atoms with van der Waals surface area (Å²) in [5.41, 5.74) is 1.01. The molecule has 0 spiro atoms. The highest BCUT2D eigenvalue weighted by atomic mass is 79.9. The van der Waals surface area contributed by atoms with Crippen LogP contribution in [-0.4, -0.2) is 39.7 Å². The fraction of sp³-hybridized carbons (Fsp3) is 0.200. The van der Waals surface area contributed by atoms with Crippen LogP contribution in [0.1, 0.15) is 15.9 Å². The maximum absolute atomic E-state index is 12.2. The van der Waals surface area contributed by atoms with Crippen molar-refractivity contribution >= 4 is 45.4 Å². The monoisotopic (exact) mass is 468 g/mol. The quantitative estimate of drug-likeness (QED) is 0.320. The van der Waals surface area contributed by atoms with Crippen molar-refractivity contribution in [2.24, 2.45) is 0 Å². The Morgan fingerprint density at radius 1 is 1.04 bits per heavy atom. The number of benzene rings is 2. The zero-order valence-electron chi connectivity index (χ0n) is 15.5. The summed E-state index contributed by atoms with van der Waals surface area (Å²) in [7, 11) is 4.50. The van der Waals surface area contributed by atoms with Gasteiger partial charge in [0.05, 0.1) is 30.8 Å². The lowest BCUT2D eigenvalue weighted by Crippen LogP contribution is -2.12. The van der Waals surface area contributed by atoms with Crippen molar-refractivity contribution in [3.05, 3.63) is 57.0 Å². The number of Topliss-reactive ketones (excluding diaryl/α,β-unsaturated/α-hetero) is 1. The van der Waals surface area contributed by atoms with Crippen molar-refractivity contribution in [3.8, 4) is 17.2 Å². The Labute approximate surface area is 176 Å². The molecule has 0 amide bonds. The number of ether oxygens (including phenoxy) is 4. The molecular formula is C20H18BrClO6. The van der Waals surface area contributed by atoms with Gasteiger partial charge in [0.15, 0.2) is 23.9 Å². The number of hydrogen-bond donors (Lipinski definition) is 0. The van der Waals surface area contributed by atoms with Crippen molar-refractivity contribution in [2.45, 2.75) is 0 Å². The van der Waals surface area contributed by atoms with Gasteiger partial charge in [-0.2, -0.15) is 0 Å². The van der Waals surface area contributed by atoms with Crippen LogP contribution in [0, 0.1) is 0 Å². The van der Waals surface area contributed by atoms with E-state index < -0.39 is 5.97 Å². The first-order valence-corrected chi connectivity index (χ1v) is 9.19. The summed E-state index contributed by atoms with van der Waals surface area (Å²) in [4.78, 5) is 24.1. The molecule has 2 aromatic rings. The number of esters is 1. The van der Waals surface area contributed by atoms with Gasteiger partial charge in [-0.3, -0.25) is 4.79 Å². The molecule has 0 aliphatic heterocycles. The third-order valence-corrected chi connectivity index (χ3v) is 4.59.